The van der Waals surface area contributed by atoms with Gasteiger partial charge in [0.15, 0.2) is 5.69 Å². The Bertz CT molecular complexity index is 522. The van der Waals surface area contributed by atoms with E-state index in [4.69, 9.17) is 4.98 Å². The van der Waals surface area contributed by atoms with Crippen LogP contribution in [0.15, 0.2) is 0 Å². The second-order valence-electron chi connectivity index (χ2n) is 6.13. The topological polar surface area (TPSA) is 75.1 Å². The number of aromatic nitrogens is 2. The van der Waals surface area contributed by atoms with E-state index in [1.54, 1.807) is 0 Å². The minimum Gasteiger partial charge on any atom is -0.477 e. The van der Waals surface area contributed by atoms with Crippen molar-refractivity contribution < 1.29 is 9.90 Å². The van der Waals surface area contributed by atoms with Crippen molar-refractivity contribution in [2.75, 3.05) is 6.54 Å². The Morgan fingerprint density at radius 1 is 1.10 bits per heavy atom. The van der Waals surface area contributed by atoms with Crippen molar-refractivity contribution in [1.82, 2.24) is 15.3 Å². The van der Waals surface area contributed by atoms with E-state index in [0.717, 1.165) is 36.5 Å². The van der Waals surface area contributed by atoms with Gasteiger partial charge in [-0.2, -0.15) is 0 Å². The molecule has 2 aliphatic rings. The van der Waals surface area contributed by atoms with Crippen LogP contribution in [0.25, 0.3) is 0 Å². The van der Waals surface area contributed by atoms with Crippen LogP contribution in [-0.4, -0.2) is 27.6 Å². The molecule has 0 bridgehead atoms. The van der Waals surface area contributed by atoms with Crippen molar-refractivity contribution in [3.63, 3.8) is 0 Å². The van der Waals surface area contributed by atoms with Crippen LogP contribution in [0.3, 0.4) is 0 Å². The van der Waals surface area contributed by atoms with Gasteiger partial charge in [0.25, 0.3) is 0 Å². The van der Waals surface area contributed by atoms with Crippen molar-refractivity contribution in [3.05, 3.63) is 22.8 Å². The molecule has 0 saturated heterocycles. The molecule has 0 amide bonds. The number of hydrogen-bond acceptors (Lipinski definition) is 4. The number of hydrogen-bond donors (Lipinski definition) is 2. The van der Waals surface area contributed by atoms with Crippen molar-refractivity contribution in [3.8, 4) is 0 Å². The summed E-state index contributed by atoms with van der Waals surface area (Å²) in [4.78, 5) is 20.7. The number of carboxylic acids is 1. The molecule has 2 heterocycles. The van der Waals surface area contributed by atoms with Crippen LogP contribution >= 0.6 is 0 Å². The number of fused-ring (bicyclic) bond motifs is 1. The van der Waals surface area contributed by atoms with Crippen molar-refractivity contribution in [1.29, 1.82) is 0 Å². The minimum atomic E-state index is -0.914. The van der Waals surface area contributed by atoms with E-state index >= 15 is 0 Å². The van der Waals surface area contributed by atoms with E-state index in [9.17, 15) is 9.90 Å². The van der Waals surface area contributed by atoms with Crippen molar-refractivity contribution >= 4 is 5.97 Å². The Labute approximate surface area is 125 Å². The molecule has 1 aliphatic carbocycles. The van der Waals surface area contributed by atoms with Crippen molar-refractivity contribution in [2.45, 2.75) is 63.8 Å². The molecule has 0 unspecified atom stereocenters. The molecule has 0 spiro atoms. The fourth-order valence-electron chi connectivity index (χ4n) is 3.45. The van der Waals surface area contributed by atoms with Gasteiger partial charge in [0.05, 0.1) is 5.69 Å². The van der Waals surface area contributed by atoms with E-state index < -0.39 is 5.97 Å². The smallest absolute Gasteiger partial charge is 0.354 e. The summed E-state index contributed by atoms with van der Waals surface area (Å²) in [7, 11) is 0. The van der Waals surface area contributed by atoms with Crippen LogP contribution in [0.5, 0.6) is 0 Å². The lowest BCUT2D eigenvalue weighted by atomic mass is 9.90. The average molecular weight is 289 g/mol. The first-order valence-electron chi connectivity index (χ1n) is 8.09. The molecular weight excluding hydrogens is 266 g/mol. The minimum absolute atomic E-state index is 0.235. The van der Waals surface area contributed by atoms with Gasteiger partial charge in [-0.05, 0) is 25.8 Å². The van der Waals surface area contributed by atoms with Crippen LogP contribution in [0, 0.1) is 0 Å². The molecular formula is C16H23N3O2. The van der Waals surface area contributed by atoms with Crippen LogP contribution in [-0.2, 0) is 13.0 Å². The fraction of sp³-hybridized carbons (Fsp3) is 0.688. The molecule has 1 aromatic rings. The summed E-state index contributed by atoms with van der Waals surface area (Å²) in [6.45, 7) is 1.47. The Balaban J connectivity index is 1.94. The third kappa shape index (κ3) is 3.23. The number of nitrogens with zero attached hydrogens (tertiary/aromatic N) is 2. The number of rotatable bonds is 2. The molecule has 3 rings (SSSR count). The van der Waals surface area contributed by atoms with E-state index in [1.807, 2.05) is 0 Å². The summed E-state index contributed by atoms with van der Waals surface area (Å²) in [5.41, 5.74) is 1.96. The number of carbonyl (C=O) groups is 1. The largest absolute Gasteiger partial charge is 0.477 e. The van der Waals surface area contributed by atoms with Gasteiger partial charge in [-0.1, -0.05) is 32.1 Å². The first-order chi connectivity index (χ1) is 10.3. The van der Waals surface area contributed by atoms with E-state index in [-0.39, 0.29) is 5.69 Å². The summed E-state index contributed by atoms with van der Waals surface area (Å²) in [5, 5.41) is 12.7. The number of nitrogens with one attached hydrogen (secondary N) is 1. The zero-order valence-electron chi connectivity index (χ0n) is 12.4. The first kappa shape index (κ1) is 14.4. The lowest BCUT2D eigenvalue weighted by molar-refractivity contribution is 0.0688. The zero-order valence-corrected chi connectivity index (χ0v) is 12.4. The first-order valence-corrected chi connectivity index (χ1v) is 8.09. The SMILES string of the molecule is O=C(O)c1nc(C2CCCCCCC2)nc2c1CCNC2. The van der Waals surface area contributed by atoms with Crippen LogP contribution < -0.4 is 5.32 Å². The molecule has 5 heteroatoms. The van der Waals surface area contributed by atoms with Gasteiger partial charge in [0.2, 0.25) is 0 Å². The Morgan fingerprint density at radius 2 is 1.81 bits per heavy atom. The van der Waals surface area contributed by atoms with Gasteiger partial charge < -0.3 is 10.4 Å². The molecule has 21 heavy (non-hydrogen) atoms. The molecule has 5 nitrogen and oxygen atoms in total. The predicted octanol–water partition coefficient (Wildman–Crippen LogP) is 2.65. The summed E-state index contributed by atoms with van der Waals surface area (Å²) < 4.78 is 0. The van der Waals surface area contributed by atoms with Crippen LogP contribution in [0.1, 0.15) is 78.4 Å². The van der Waals surface area contributed by atoms with Gasteiger partial charge in [-0.25, -0.2) is 14.8 Å². The second kappa shape index (κ2) is 6.52. The molecule has 114 valence electrons. The summed E-state index contributed by atoms with van der Waals surface area (Å²) in [6, 6.07) is 0. The standard InChI is InChI=1S/C16H23N3O2/c20-16(21)14-12-8-9-17-10-13(12)18-15(19-14)11-6-4-2-1-3-5-7-11/h11,17H,1-10H2,(H,20,21). The van der Waals surface area contributed by atoms with E-state index in [0.29, 0.717) is 18.9 Å². The molecule has 1 fully saturated rings. The third-order valence-corrected chi connectivity index (χ3v) is 4.63. The maximum Gasteiger partial charge on any atom is 0.354 e. The van der Waals surface area contributed by atoms with Gasteiger partial charge in [0.1, 0.15) is 5.82 Å². The number of aromatic carboxylic acids is 1. The Kier molecular flexibility index (Phi) is 4.48. The maximum absolute atomic E-state index is 11.5. The van der Waals surface area contributed by atoms with Crippen molar-refractivity contribution in [2.24, 2.45) is 0 Å². The normalized spacial score (nSPS) is 20.4. The highest BCUT2D eigenvalue weighted by molar-refractivity contribution is 5.87. The molecule has 1 aromatic heterocycles. The van der Waals surface area contributed by atoms with Crippen LogP contribution in [0.2, 0.25) is 0 Å². The Hall–Kier alpha value is -1.49. The average Bonchev–Trinajstić information content (AvgIpc) is 2.45. The molecule has 0 aromatic carbocycles. The molecule has 1 saturated carbocycles. The highest BCUT2D eigenvalue weighted by Crippen LogP contribution is 2.30. The summed E-state index contributed by atoms with van der Waals surface area (Å²) in [6.07, 6.45) is 9.15. The van der Waals surface area contributed by atoms with Gasteiger partial charge >= 0.3 is 5.97 Å². The predicted molar refractivity (Wildman–Crippen MR) is 79.5 cm³/mol. The summed E-state index contributed by atoms with van der Waals surface area (Å²) >= 11 is 0. The third-order valence-electron chi connectivity index (χ3n) is 4.63. The lowest BCUT2D eigenvalue weighted by Gasteiger charge is -2.23. The molecule has 1 aliphatic heterocycles. The summed E-state index contributed by atoms with van der Waals surface area (Å²) in [5.74, 6) is 0.176. The number of carboxylic acid groups (broad SMARTS) is 1. The van der Waals surface area contributed by atoms with Crippen LogP contribution in [0.4, 0.5) is 0 Å². The molecule has 0 atom stereocenters. The molecule has 0 radical (unpaired) electrons. The maximum atomic E-state index is 11.5. The fourth-order valence-corrected chi connectivity index (χ4v) is 3.45. The van der Waals surface area contributed by atoms with E-state index in [1.165, 1.54) is 32.1 Å². The van der Waals surface area contributed by atoms with Gasteiger partial charge in [-0.15, -0.1) is 0 Å². The quantitative estimate of drug-likeness (QED) is 0.875. The second-order valence-corrected chi connectivity index (χ2v) is 6.13. The van der Waals surface area contributed by atoms with Gasteiger partial charge in [0, 0.05) is 18.0 Å². The van der Waals surface area contributed by atoms with E-state index in [2.05, 4.69) is 10.3 Å². The highest BCUT2D eigenvalue weighted by Gasteiger charge is 2.25. The highest BCUT2D eigenvalue weighted by atomic mass is 16.4. The monoisotopic (exact) mass is 289 g/mol. The zero-order chi connectivity index (χ0) is 14.7. The Morgan fingerprint density at radius 3 is 2.52 bits per heavy atom. The molecule has 2 N–H and O–H groups in total. The van der Waals surface area contributed by atoms with Gasteiger partial charge in [-0.3, -0.25) is 0 Å². The lowest BCUT2D eigenvalue weighted by Crippen LogP contribution is -2.28.